The Kier molecular flexibility index (Phi) is 2.11. The molecule has 0 spiro atoms. The summed E-state index contributed by atoms with van der Waals surface area (Å²) in [5.41, 5.74) is 0. The monoisotopic (exact) mass is 224 g/mol. The molecule has 80 valence electrons. The topological polar surface area (TPSA) is 60.7 Å². The fraction of sp³-hybridized carbons (Fsp3) is 0.0909. The van der Waals surface area contributed by atoms with Gasteiger partial charge in [0.05, 0.1) is 0 Å². The van der Waals surface area contributed by atoms with Gasteiger partial charge in [-0.05, 0) is 0 Å². The Morgan fingerprint density at radius 1 is 0.867 bits per heavy atom. The van der Waals surface area contributed by atoms with Crippen LogP contribution in [0.4, 0.5) is 0 Å². The minimum atomic E-state index is -4.66. The number of hydrogen-bond donors (Lipinski definition) is 3. The Labute approximate surface area is 87.8 Å². The summed E-state index contributed by atoms with van der Waals surface area (Å²) in [7, 11) is -4.66. The molecule has 3 N–H and O–H groups in total. The van der Waals surface area contributed by atoms with Crippen LogP contribution in [0.3, 0.4) is 0 Å². The molecule has 2 rings (SSSR count). The van der Waals surface area contributed by atoms with Gasteiger partial charge in [-0.15, -0.1) is 0 Å². The Balaban J connectivity index is 2.84. The molecule has 2 aromatic rings. The molecule has 0 aliphatic carbocycles. The number of fused-ring (bicyclic) bond motifs is 1. The Hall–Kier alpha value is -0.990. The third-order valence-electron chi connectivity index (χ3n) is 2.33. The van der Waals surface area contributed by atoms with Crippen LogP contribution >= 0.6 is 7.28 Å². The molecule has 0 fully saturated rings. The first-order chi connectivity index (χ1) is 6.85. The SMILES string of the molecule is CP(O)(O)(O)c1cccc2ccccc12. The molecule has 15 heavy (non-hydrogen) atoms. The number of rotatable bonds is 1. The van der Waals surface area contributed by atoms with Crippen LogP contribution in [0.2, 0.25) is 0 Å². The molecule has 0 aliphatic rings. The standard InChI is InChI=1S/C11H13O3P/c1-15(12,13,14)11-8-4-6-9-5-2-3-7-10(9)11/h2-8,12-14H,1H3. The maximum absolute atomic E-state index is 9.69. The van der Waals surface area contributed by atoms with Crippen molar-refractivity contribution < 1.29 is 14.7 Å². The summed E-state index contributed by atoms with van der Waals surface area (Å²) < 4.78 is 0. The third-order valence-corrected chi connectivity index (χ3v) is 3.85. The van der Waals surface area contributed by atoms with E-state index in [-0.39, 0.29) is 5.30 Å². The van der Waals surface area contributed by atoms with Crippen LogP contribution in [0.25, 0.3) is 10.8 Å². The molecular weight excluding hydrogens is 211 g/mol. The summed E-state index contributed by atoms with van der Waals surface area (Å²) in [6.45, 7) is 1.08. The predicted molar refractivity (Wildman–Crippen MR) is 63.1 cm³/mol. The van der Waals surface area contributed by atoms with Crippen LogP contribution in [0.15, 0.2) is 42.5 Å². The van der Waals surface area contributed by atoms with Crippen molar-refractivity contribution in [3.05, 3.63) is 42.5 Å². The molecule has 3 nitrogen and oxygen atoms in total. The zero-order valence-electron chi connectivity index (χ0n) is 8.33. The first kappa shape index (κ1) is 10.5. The molecule has 0 atom stereocenters. The van der Waals surface area contributed by atoms with Crippen LogP contribution in [0.5, 0.6) is 0 Å². The third kappa shape index (κ3) is 2.01. The second-order valence-electron chi connectivity index (χ2n) is 3.89. The molecule has 0 amide bonds. The van der Waals surface area contributed by atoms with Gasteiger partial charge in [0, 0.05) is 0 Å². The average Bonchev–Trinajstić information content (AvgIpc) is 2.14. The average molecular weight is 224 g/mol. The zero-order valence-corrected chi connectivity index (χ0v) is 9.22. The maximum atomic E-state index is 9.69. The van der Waals surface area contributed by atoms with Crippen LogP contribution in [-0.4, -0.2) is 21.3 Å². The van der Waals surface area contributed by atoms with E-state index in [2.05, 4.69) is 0 Å². The second kappa shape index (κ2) is 3.00. The first-order valence-corrected chi connectivity index (χ1v) is 7.13. The first-order valence-electron chi connectivity index (χ1n) is 4.59. The van der Waals surface area contributed by atoms with E-state index in [0.29, 0.717) is 5.39 Å². The molecule has 0 unspecified atom stereocenters. The predicted octanol–water partition coefficient (Wildman–Crippen LogP) is 1.37. The van der Waals surface area contributed by atoms with Gasteiger partial charge in [0.2, 0.25) is 0 Å². The van der Waals surface area contributed by atoms with Gasteiger partial charge in [-0.25, -0.2) is 0 Å². The van der Waals surface area contributed by atoms with Crippen molar-refractivity contribution in [2.75, 3.05) is 6.66 Å². The molecule has 2 aromatic carbocycles. The van der Waals surface area contributed by atoms with E-state index in [4.69, 9.17) is 0 Å². The second-order valence-corrected chi connectivity index (χ2v) is 7.16. The van der Waals surface area contributed by atoms with Crippen LogP contribution < -0.4 is 5.30 Å². The summed E-state index contributed by atoms with van der Waals surface area (Å²) in [6.07, 6.45) is 0. The van der Waals surface area contributed by atoms with Crippen molar-refractivity contribution in [1.82, 2.24) is 0 Å². The van der Waals surface area contributed by atoms with E-state index >= 15 is 0 Å². The van der Waals surface area contributed by atoms with Gasteiger partial charge in [0.1, 0.15) is 0 Å². The Morgan fingerprint density at radius 2 is 1.47 bits per heavy atom. The summed E-state index contributed by atoms with van der Waals surface area (Å²) in [6, 6.07) is 12.4. The summed E-state index contributed by atoms with van der Waals surface area (Å²) in [5.74, 6) is 0. The normalized spacial score (nSPS) is 14.8. The quantitative estimate of drug-likeness (QED) is 0.641. The van der Waals surface area contributed by atoms with E-state index in [1.165, 1.54) is 0 Å². The van der Waals surface area contributed by atoms with Gasteiger partial charge in [0.25, 0.3) is 0 Å². The van der Waals surface area contributed by atoms with E-state index in [1.807, 2.05) is 18.2 Å². The van der Waals surface area contributed by atoms with E-state index < -0.39 is 7.28 Å². The molecule has 0 aromatic heterocycles. The fourth-order valence-electron chi connectivity index (χ4n) is 1.66. The van der Waals surface area contributed by atoms with Crippen molar-refractivity contribution in [2.24, 2.45) is 0 Å². The minimum absolute atomic E-state index is 0.208. The van der Waals surface area contributed by atoms with E-state index in [0.717, 1.165) is 12.1 Å². The molecule has 0 radical (unpaired) electrons. The van der Waals surface area contributed by atoms with Gasteiger partial charge in [-0.2, -0.15) is 0 Å². The van der Waals surface area contributed by atoms with Gasteiger partial charge < -0.3 is 0 Å². The van der Waals surface area contributed by atoms with Crippen molar-refractivity contribution in [3.8, 4) is 0 Å². The van der Waals surface area contributed by atoms with Crippen LogP contribution in [0, 0.1) is 0 Å². The number of benzene rings is 2. The number of hydrogen-bond acceptors (Lipinski definition) is 3. The summed E-state index contributed by atoms with van der Waals surface area (Å²) in [5, 5.41) is 1.76. The summed E-state index contributed by atoms with van der Waals surface area (Å²) in [4.78, 5) is 29.1. The van der Waals surface area contributed by atoms with Crippen molar-refractivity contribution in [2.45, 2.75) is 0 Å². The molecule has 0 bridgehead atoms. The molecule has 4 heteroatoms. The molecular formula is C11H13O3P. The summed E-state index contributed by atoms with van der Waals surface area (Å²) >= 11 is 0. The van der Waals surface area contributed by atoms with Crippen molar-refractivity contribution in [3.63, 3.8) is 0 Å². The fourth-order valence-corrected chi connectivity index (χ4v) is 2.87. The zero-order chi connectivity index (χ0) is 11.1. The van der Waals surface area contributed by atoms with Crippen LogP contribution in [-0.2, 0) is 0 Å². The molecule has 0 saturated carbocycles. The molecule has 0 heterocycles. The van der Waals surface area contributed by atoms with Crippen molar-refractivity contribution in [1.29, 1.82) is 0 Å². The molecule has 0 saturated heterocycles. The van der Waals surface area contributed by atoms with Gasteiger partial charge in [-0.3, -0.25) is 0 Å². The van der Waals surface area contributed by atoms with Gasteiger partial charge in [-0.1, -0.05) is 0 Å². The van der Waals surface area contributed by atoms with E-state index in [1.54, 1.807) is 24.3 Å². The van der Waals surface area contributed by atoms with Gasteiger partial charge in [0.15, 0.2) is 0 Å². The Bertz CT molecular complexity index is 499. The van der Waals surface area contributed by atoms with Crippen molar-refractivity contribution >= 4 is 23.4 Å². The molecule has 0 aliphatic heterocycles. The van der Waals surface area contributed by atoms with E-state index in [9.17, 15) is 14.7 Å². The van der Waals surface area contributed by atoms with Gasteiger partial charge >= 0.3 is 87.2 Å². The van der Waals surface area contributed by atoms with Crippen LogP contribution in [0.1, 0.15) is 0 Å². The Morgan fingerprint density at radius 3 is 2.13 bits per heavy atom.